The van der Waals surface area contributed by atoms with Crippen molar-refractivity contribution in [2.45, 2.75) is 39.3 Å². The number of hydrogen-bond acceptors (Lipinski definition) is 5. The molecule has 122 valence electrons. The van der Waals surface area contributed by atoms with Gasteiger partial charge in [-0.05, 0) is 24.3 Å². The summed E-state index contributed by atoms with van der Waals surface area (Å²) in [7, 11) is 1.30. The molecule has 1 aromatic rings. The van der Waals surface area contributed by atoms with Gasteiger partial charge in [0.1, 0.15) is 6.04 Å². The van der Waals surface area contributed by atoms with E-state index in [2.05, 4.69) is 15.4 Å². The number of hydrogen-bond donors (Lipinski definition) is 2. The molecule has 2 atom stereocenters. The maximum atomic E-state index is 12.3. The molecule has 0 saturated heterocycles. The molecule has 6 nitrogen and oxygen atoms in total. The predicted octanol–water partition coefficient (Wildman–Crippen LogP) is 1.57. The number of carbonyl (C=O) groups is 3. The van der Waals surface area contributed by atoms with Gasteiger partial charge in [-0.15, -0.1) is 11.3 Å². The Bertz CT molecular complexity index is 514. The van der Waals surface area contributed by atoms with Crippen LogP contribution in [0.4, 0.5) is 0 Å². The van der Waals surface area contributed by atoms with E-state index >= 15 is 0 Å². The van der Waals surface area contributed by atoms with Crippen LogP contribution in [0.3, 0.4) is 0 Å². The van der Waals surface area contributed by atoms with Crippen molar-refractivity contribution < 1.29 is 19.1 Å². The third kappa shape index (κ3) is 5.48. The zero-order chi connectivity index (χ0) is 16.7. The number of methoxy groups -OCH3 is 1. The normalized spacial score (nSPS) is 13.3. The minimum Gasteiger partial charge on any atom is -0.469 e. The van der Waals surface area contributed by atoms with Crippen LogP contribution in [0.5, 0.6) is 0 Å². The Morgan fingerprint density at radius 1 is 1.23 bits per heavy atom. The van der Waals surface area contributed by atoms with E-state index in [1.165, 1.54) is 18.4 Å². The Kier molecular flexibility index (Phi) is 7.04. The summed E-state index contributed by atoms with van der Waals surface area (Å²) in [6.45, 7) is 5.42. The molecule has 2 amide bonds. The number of ether oxygens (including phenoxy) is 1. The molecule has 0 aliphatic rings. The van der Waals surface area contributed by atoms with Crippen molar-refractivity contribution >= 4 is 29.1 Å². The molecule has 0 radical (unpaired) electrons. The van der Waals surface area contributed by atoms with E-state index in [0.717, 1.165) is 0 Å². The maximum Gasteiger partial charge on any atom is 0.307 e. The molecular formula is C15H22N2O4S. The van der Waals surface area contributed by atoms with Crippen LogP contribution in [0, 0.1) is 5.92 Å². The smallest absolute Gasteiger partial charge is 0.307 e. The zero-order valence-corrected chi connectivity index (χ0v) is 14.0. The first kappa shape index (κ1) is 18.2. The standard InChI is InChI=1S/C15H22N2O4S/c1-9(2)13(17-14(19)11-6-5-7-22-11)15(20)16-10(3)8-12(18)21-4/h5-7,9-10,13H,8H2,1-4H3,(H,16,20)(H,17,19). The highest BCUT2D eigenvalue weighted by Gasteiger charge is 2.26. The molecule has 2 N–H and O–H groups in total. The van der Waals surface area contributed by atoms with E-state index in [4.69, 9.17) is 0 Å². The minimum atomic E-state index is -0.658. The molecule has 0 aliphatic heterocycles. The first-order valence-corrected chi connectivity index (χ1v) is 7.94. The van der Waals surface area contributed by atoms with E-state index in [0.29, 0.717) is 4.88 Å². The quantitative estimate of drug-likeness (QED) is 0.745. The lowest BCUT2D eigenvalue weighted by atomic mass is 10.0. The van der Waals surface area contributed by atoms with Gasteiger partial charge in [0.15, 0.2) is 0 Å². The van der Waals surface area contributed by atoms with Crippen LogP contribution in [0.2, 0.25) is 0 Å². The SMILES string of the molecule is COC(=O)CC(C)NC(=O)C(NC(=O)c1cccs1)C(C)C. The summed E-state index contributed by atoms with van der Waals surface area (Å²) in [5.74, 6) is -1.05. The summed E-state index contributed by atoms with van der Waals surface area (Å²) in [5.41, 5.74) is 0. The molecule has 0 aromatic carbocycles. The van der Waals surface area contributed by atoms with E-state index < -0.39 is 12.0 Å². The second-order valence-electron chi connectivity index (χ2n) is 5.36. The Labute approximate surface area is 134 Å². The van der Waals surface area contributed by atoms with E-state index in [-0.39, 0.29) is 30.2 Å². The van der Waals surface area contributed by atoms with Gasteiger partial charge in [0.25, 0.3) is 5.91 Å². The molecule has 0 fully saturated rings. The van der Waals surface area contributed by atoms with Gasteiger partial charge in [-0.3, -0.25) is 14.4 Å². The van der Waals surface area contributed by atoms with Gasteiger partial charge in [0.2, 0.25) is 5.91 Å². The third-order valence-corrected chi connectivity index (χ3v) is 3.94. The van der Waals surface area contributed by atoms with Gasteiger partial charge in [0, 0.05) is 6.04 Å². The largest absolute Gasteiger partial charge is 0.469 e. The lowest BCUT2D eigenvalue weighted by Crippen LogP contribution is -2.51. The van der Waals surface area contributed by atoms with Crippen LogP contribution in [0.1, 0.15) is 36.9 Å². The van der Waals surface area contributed by atoms with Gasteiger partial charge in [-0.25, -0.2) is 0 Å². The van der Waals surface area contributed by atoms with Crippen molar-refractivity contribution in [1.82, 2.24) is 10.6 Å². The highest BCUT2D eigenvalue weighted by Crippen LogP contribution is 2.10. The highest BCUT2D eigenvalue weighted by molar-refractivity contribution is 7.12. The summed E-state index contributed by atoms with van der Waals surface area (Å²) in [5, 5.41) is 7.26. The number of nitrogens with one attached hydrogen (secondary N) is 2. The van der Waals surface area contributed by atoms with Crippen molar-refractivity contribution in [2.24, 2.45) is 5.92 Å². The number of thiophene rings is 1. The molecule has 1 rings (SSSR count). The average molecular weight is 326 g/mol. The Morgan fingerprint density at radius 3 is 2.41 bits per heavy atom. The second kappa shape index (κ2) is 8.53. The van der Waals surface area contributed by atoms with Gasteiger partial charge in [-0.2, -0.15) is 0 Å². The highest BCUT2D eigenvalue weighted by atomic mass is 32.1. The average Bonchev–Trinajstić information content (AvgIpc) is 2.97. The topological polar surface area (TPSA) is 84.5 Å². The summed E-state index contributed by atoms with van der Waals surface area (Å²) < 4.78 is 4.57. The predicted molar refractivity (Wildman–Crippen MR) is 84.6 cm³/mol. The van der Waals surface area contributed by atoms with Crippen LogP contribution in [0.15, 0.2) is 17.5 Å². The number of rotatable bonds is 7. The second-order valence-corrected chi connectivity index (χ2v) is 6.31. The van der Waals surface area contributed by atoms with Crippen LogP contribution in [-0.4, -0.2) is 37.0 Å². The molecule has 1 aromatic heterocycles. The Balaban J connectivity index is 2.64. The molecule has 0 bridgehead atoms. The van der Waals surface area contributed by atoms with Crippen LogP contribution >= 0.6 is 11.3 Å². The molecule has 0 spiro atoms. The maximum absolute atomic E-state index is 12.3. The first-order chi connectivity index (χ1) is 10.3. The fraction of sp³-hybridized carbons (Fsp3) is 0.533. The fourth-order valence-electron chi connectivity index (χ4n) is 1.87. The van der Waals surface area contributed by atoms with Crippen molar-refractivity contribution in [3.63, 3.8) is 0 Å². The van der Waals surface area contributed by atoms with Crippen LogP contribution < -0.4 is 10.6 Å². The fourth-order valence-corrected chi connectivity index (χ4v) is 2.50. The minimum absolute atomic E-state index is 0.0748. The van der Waals surface area contributed by atoms with Crippen molar-refractivity contribution in [2.75, 3.05) is 7.11 Å². The zero-order valence-electron chi connectivity index (χ0n) is 13.2. The number of amides is 2. The molecule has 0 saturated carbocycles. The summed E-state index contributed by atoms with van der Waals surface area (Å²) in [6, 6.07) is 2.46. The van der Waals surface area contributed by atoms with Crippen molar-refractivity contribution in [3.8, 4) is 0 Å². The number of esters is 1. The van der Waals surface area contributed by atoms with Gasteiger partial charge >= 0.3 is 5.97 Å². The first-order valence-electron chi connectivity index (χ1n) is 7.06. The molecule has 0 aliphatic carbocycles. The Hall–Kier alpha value is -1.89. The summed E-state index contributed by atoms with van der Waals surface area (Å²) in [4.78, 5) is 36.1. The van der Waals surface area contributed by atoms with Crippen LogP contribution in [0.25, 0.3) is 0 Å². The van der Waals surface area contributed by atoms with Crippen molar-refractivity contribution in [1.29, 1.82) is 0 Å². The van der Waals surface area contributed by atoms with Crippen molar-refractivity contribution in [3.05, 3.63) is 22.4 Å². The van der Waals surface area contributed by atoms with Gasteiger partial charge in [-0.1, -0.05) is 19.9 Å². The lowest BCUT2D eigenvalue weighted by Gasteiger charge is -2.23. The Morgan fingerprint density at radius 2 is 1.91 bits per heavy atom. The molecular weight excluding hydrogens is 304 g/mol. The van der Waals surface area contributed by atoms with E-state index in [1.54, 1.807) is 24.4 Å². The lowest BCUT2D eigenvalue weighted by molar-refractivity contribution is -0.141. The molecule has 7 heteroatoms. The van der Waals surface area contributed by atoms with E-state index in [9.17, 15) is 14.4 Å². The number of carbonyl (C=O) groups excluding carboxylic acids is 3. The summed E-state index contributed by atoms with van der Waals surface area (Å²) >= 11 is 1.32. The summed E-state index contributed by atoms with van der Waals surface area (Å²) in [6.07, 6.45) is 0.0892. The van der Waals surface area contributed by atoms with Gasteiger partial charge < -0.3 is 15.4 Å². The molecule has 2 unspecified atom stereocenters. The monoisotopic (exact) mass is 326 g/mol. The third-order valence-electron chi connectivity index (χ3n) is 3.07. The molecule has 1 heterocycles. The van der Waals surface area contributed by atoms with Gasteiger partial charge in [0.05, 0.1) is 18.4 Å². The van der Waals surface area contributed by atoms with Crippen LogP contribution in [-0.2, 0) is 14.3 Å². The van der Waals surface area contributed by atoms with E-state index in [1.807, 2.05) is 13.8 Å². The molecule has 22 heavy (non-hydrogen) atoms.